The van der Waals surface area contributed by atoms with Gasteiger partial charge in [-0.15, -0.1) is 6.42 Å². The minimum atomic E-state index is 0.267. The molecule has 3 fully saturated rings. The molecule has 0 N–H and O–H groups in total. The van der Waals surface area contributed by atoms with Crippen LogP contribution in [0.4, 0.5) is 0 Å². The third-order valence-electron chi connectivity index (χ3n) is 8.22. The molecule has 0 amide bonds. The summed E-state index contributed by atoms with van der Waals surface area (Å²) in [6.07, 6.45) is 17.3. The second-order valence-corrected chi connectivity index (χ2v) is 8.85. The molecular formula is C21H28O. The van der Waals surface area contributed by atoms with Crippen molar-refractivity contribution in [1.82, 2.24) is 0 Å². The molecule has 4 rings (SSSR count). The third kappa shape index (κ3) is 1.76. The zero-order valence-electron chi connectivity index (χ0n) is 14.0. The number of rotatable bonds is 0. The standard InChI is InChI=1S/C21H28O/c1-4-14-6-8-18-17-7-5-15-13-16(22)9-11-21(15,3)19(17)10-12-20(14,18)2/h1,6,15,17-19H,5,7-13H2,2-3H3. The lowest BCUT2D eigenvalue weighted by atomic mass is 9.45. The summed E-state index contributed by atoms with van der Waals surface area (Å²) in [5.41, 5.74) is 1.96. The van der Waals surface area contributed by atoms with E-state index in [4.69, 9.17) is 6.42 Å². The number of Topliss-reactive ketones (excluding diaryl/α,β-unsaturated/α-hetero) is 1. The number of hydrogen-bond acceptors (Lipinski definition) is 1. The molecule has 118 valence electrons. The Bertz CT molecular complexity index is 579. The van der Waals surface area contributed by atoms with Crippen LogP contribution >= 0.6 is 0 Å². The lowest BCUT2D eigenvalue weighted by Gasteiger charge is -2.59. The van der Waals surface area contributed by atoms with Crippen molar-refractivity contribution in [2.24, 2.45) is 34.5 Å². The summed E-state index contributed by atoms with van der Waals surface area (Å²) in [4.78, 5) is 11.9. The molecule has 4 aliphatic carbocycles. The van der Waals surface area contributed by atoms with Crippen molar-refractivity contribution >= 4 is 5.78 Å². The number of fused-ring (bicyclic) bond motifs is 5. The maximum absolute atomic E-state index is 11.9. The molecule has 0 aromatic rings. The number of ketones is 1. The summed E-state index contributed by atoms with van der Waals surface area (Å²) in [7, 11) is 0. The van der Waals surface area contributed by atoms with Gasteiger partial charge in [-0.05, 0) is 67.6 Å². The molecule has 0 aromatic carbocycles. The molecule has 0 spiro atoms. The Balaban J connectivity index is 1.64. The maximum Gasteiger partial charge on any atom is 0.133 e. The Morgan fingerprint density at radius 3 is 2.77 bits per heavy atom. The fourth-order valence-electron chi connectivity index (χ4n) is 6.84. The van der Waals surface area contributed by atoms with E-state index in [2.05, 4.69) is 25.8 Å². The van der Waals surface area contributed by atoms with E-state index >= 15 is 0 Å². The molecule has 6 unspecified atom stereocenters. The highest BCUT2D eigenvalue weighted by atomic mass is 16.1. The maximum atomic E-state index is 11.9. The molecule has 0 aromatic heterocycles. The predicted molar refractivity (Wildman–Crippen MR) is 89.0 cm³/mol. The molecule has 6 atom stereocenters. The Hall–Kier alpha value is -1.03. The zero-order chi connectivity index (χ0) is 15.5. The average molecular weight is 296 g/mol. The minimum absolute atomic E-state index is 0.267. The van der Waals surface area contributed by atoms with E-state index in [1.54, 1.807) is 0 Å². The van der Waals surface area contributed by atoms with Crippen LogP contribution in [0.3, 0.4) is 0 Å². The van der Waals surface area contributed by atoms with Gasteiger partial charge in [0.25, 0.3) is 0 Å². The number of carbonyl (C=O) groups is 1. The van der Waals surface area contributed by atoms with Gasteiger partial charge in [-0.25, -0.2) is 0 Å². The highest BCUT2D eigenvalue weighted by Gasteiger charge is 2.58. The SMILES string of the molecule is C#CC1=CCC2C3CCC4CC(=O)CCC4(C)C3CCC12C. The molecule has 0 bridgehead atoms. The molecule has 0 radical (unpaired) electrons. The molecule has 0 aliphatic heterocycles. The van der Waals surface area contributed by atoms with Crippen molar-refractivity contribution in [1.29, 1.82) is 0 Å². The van der Waals surface area contributed by atoms with Crippen LogP contribution in [0.15, 0.2) is 11.6 Å². The largest absolute Gasteiger partial charge is 0.300 e. The summed E-state index contributed by atoms with van der Waals surface area (Å²) in [6, 6.07) is 0. The molecule has 0 saturated heterocycles. The minimum Gasteiger partial charge on any atom is -0.300 e. The smallest absolute Gasteiger partial charge is 0.133 e. The molecule has 3 saturated carbocycles. The van der Waals surface area contributed by atoms with Crippen molar-refractivity contribution in [3.05, 3.63) is 11.6 Å². The van der Waals surface area contributed by atoms with Crippen molar-refractivity contribution in [2.75, 3.05) is 0 Å². The fraction of sp³-hybridized carbons (Fsp3) is 0.762. The number of hydrogen-bond donors (Lipinski definition) is 0. The van der Waals surface area contributed by atoms with E-state index in [-0.39, 0.29) is 5.41 Å². The topological polar surface area (TPSA) is 17.1 Å². The second-order valence-electron chi connectivity index (χ2n) is 8.85. The highest BCUT2D eigenvalue weighted by Crippen LogP contribution is 2.65. The van der Waals surface area contributed by atoms with Gasteiger partial charge in [-0.2, -0.15) is 0 Å². The molecule has 4 aliphatic rings. The normalized spacial score (nSPS) is 50.4. The predicted octanol–water partition coefficient (Wildman–Crippen LogP) is 4.77. The van der Waals surface area contributed by atoms with Gasteiger partial charge < -0.3 is 0 Å². The van der Waals surface area contributed by atoms with Crippen LogP contribution in [0.1, 0.15) is 65.2 Å². The van der Waals surface area contributed by atoms with Crippen LogP contribution < -0.4 is 0 Å². The van der Waals surface area contributed by atoms with Crippen LogP contribution in [0.2, 0.25) is 0 Å². The van der Waals surface area contributed by atoms with Gasteiger partial charge in [0, 0.05) is 23.8 Å². The van der Waals surface area contributed by atoms with Crippen molar-refractivity contribution in [2.45, 2.75) is 65.2 Å². The van der Waals surface area contributed by atoms with Gasteiger partial charge in [0.05, 0.1) is 0 Å². The Morgan fingerprint density at radius 2 is 2.00 bits per heavy atom. The van der Waals surface area contributed by atoms with Crippen LogP contribution in [0.5, 0.6) is 0 Å². The third-order valence-corrected chi connectivity index (χ3v) is 8.22. The van der Waals surface area contributed by atoms with Crippen LogP contribution in [-0.2, 0) is 4.79 Å². The zero-order valence-corrected chi connectivity index (χ0v) is 14.0. The van der Waals surface area contributed by atoms with Gasteiger partial charge in [0.1, 0.15) is 5.78 Å². The van der Waals surface area contributed by atoms with E-state index in [9.17, 15) is 4.79 Å². The van der Waals surface area contributed by atoms with Gasteiger partial charge in [0.15, 0.2) is 0 Å². The summed E-state index contributed by atoms with van der Waals surface area (Å²) in [5.74, 6) is 6.56. The van der Waals surface area contributed by atoms with E-state index in [1.165, 1.54) is 37.7 Å². The molecular weight excluding hydrogens is 268 g/mol. The lowest BCUT2D eigenvalue weighted by molar-refractivity contribution is -0.136. The molecule has 1 heteroatoms. The number of allylic oxidation sites excluding steroid dienone is 2. The van der Waals surface area contributed by atoms with Gasteiger partial charge in [-0.1, -0.05) is 25.8 Å². The van der Waals surface area contributed by atoms with E-state index in [0.717, 1.165) is 37.0 Å². The van der Waals surface area contributed by atoms with E-state index < -0.39 is 0 Å². The van der Waals surface area contributed by atoms with E-state index in [1.807, 2.05) is 0 Å². The fourth-order valence-corrected chi connectivity index (χ4v) is 6.84. The quantitative estimate of drug-likeness (QED) is 0.589. The van der Waals surface area contributed by atoms with Crippen LogP contribution in [0, 0.1) is 46.8 Å². The highest BCUT2D eigenvalue weighted by molar-refractivity contribution is 5.79. The van der Waals surface area contributed by atoms with Crippen molar-refractivity contribution < 1.29 is 4.79 Å². The van der Waals surface area contributed by atoms with E-state index in [0.29, 0.717) is 17.1 Å². The van der Waals surface area contributed by atoms with Crippen molar-refractivity contribution in [3.63, 3.8) is 0 Å². The van der Waals surface area contributed by atoms with Crippen LogP contribution in [0.25, 0.3) is 0 Å². The average Bonchev–Trinajstić information content (AvgIpc) is 2.84. The Kier molecular flexibility index (Phi) is 3.13. The summed E-state index contributed by atoms with van der Waals surface area (Å²) < 4.78 is 0. The Labute approximate surface area is 134 Å². The Morgan fingerprint density at radius 1 is 1.18 bits per heavy atom. The molecule has 0 heterocycles. The van der Waals surface area contributed by atoms with Gasteiger partial charge in [-0.3, -0.25) is 4.79 Å². The monoisotopic (exact) mass is 296 g/mol. The first-order valence-corrected chi connectivity index (χ1v) is 9.18. The number of terminal acetylenes is 1. The van der Waals surface area contributed by atoms with Crippen molar-refractivity contribution in [3.8, 4) is 12.3 Å². The van der Waals surface area contributed by atoms with Gasteiger partial charge in [0.2, 0.25) is 0 Å². The second kappa shape index (κ2) is 4.73. The molecule has 1 nitrogen and oxygen atoms in total. The molecule has 22 heavy (non-hydrogen) atoms. The summed E-state index contributed by atoms with van der Waals surface area (Å²) in [6.45, 7) is 4.93. The summed E-state index contributed by atoms with van der Waals surface area (Å²) in [5, 5.41) is 0. The first kappa shape index (κ1) is 14.6. The van der Waals surface area contributed by atoms with Crippen LogP contribution in [-0.4, -0.2) is 5.78 Å². The number of carbonyl (C=O) groups excluding carboxylic acids is 1. The van der Waals surface area contributed by atoms with Gasteiger partial charge >= 0.3 is 0 Å². The first-order chi connectivity index (χ1) is 10.5. The lowest BCUT2D eigenvalue weighted by Crippen LogP contribution is -2.53. The summed E-state index contributed by atoms with van der Waals surface area (Å²) >= 11 is 0. The first-order valence-electron chi connectivity index (χ1n) is 9.18.